The van der Waals surface area contributed by atoms with Gasteiger partial charge < -0.3 is 20.2 Å². The van der Waals surface area contributed by atoms with Gasteiger partial charge in [-0.15, -0.1) is 0 Å². The first-order valence-corrected chi connectivity index (χ1v) is 7.64. The summed E-state index contributed by atoms with van der Waals surface area (Å²) in [6.07, 6.45) is 3.36. The number of furan rings is 1. The number of urea groups is 1. The van der Waals surface area contributed by atoms with Crippen molar-refractivity contribution in [2.24, 2.45) is 5.92 Å². The molecule has 118 valence electrons. The predicted molar refractivity (Wildman–Crippen MR) is 81.1 cm³/mol. The fourth-order valence-corrected chi connectivity index (χ4v) is 3.09. The quantitative estimate of drug-likeness (QED) is 0.799. The highest BCUT2D eigenvalue weighted by Gasteiger charge is 2.29. The topological polar surface area (TPSA) is 74.5 Å². The standard InChI is InChI=1S/C16H26N2O3/c1-10-6-5-7-14(10)18-15(19)17-9-16(4,20)13-8-11(2)21-12(13)3/h8,10,14,20H,5-7,9H2,1-4H3,(H2,17,18,19). The molecule has 1 heterocycles. The van der Waals surface area contributed by atoms with Crippen molar-refractivity contribution in [3.63, 3.8) is 0 Å². The number of aryl methyl sites for hydroxylation is 2. The lowest BCUT2D eigenvalue weighted by Crippen LogP contribution is -2.47. The van der Waals surface area contributed by atoms with Crippen LogP contribution in [0.4, 0.5) is 4.79 Å². The minimum Gasteiger partial charge on any atom is -0.466 e. The third kappa shape index (κ3) is 3.79. The molecular weight excluding hydrogens is 268 g/mol. The van der Waals surface area contributed by atoms with E-state index < -0.39 is 5.60 Å². The van der Waals surface area contributed by atoms with Gasteiger partial charge in [-0.1, -0.05) is 13.3 Å². The fraction of sp³-hybridized carbons (Fsp3) is 0.688. The predicted octanol–water partition coefficient (Wildman–Crippen LogP) is 2.59. The molecular formula is C16H26N2O3. The summed E-state index contributed by atoms with van der Waals surface area (Å²) >= 11 is 0. The lowest BCUT2D eigenvalue weighted by Gasteiger charge is -2.24. The van der Waals surface area contributed by atoms with Crippen LogP contribution in [0.1, 0.15) is 50.2 Å². The summed E-state index contributed by atoms with van der Waals surface area (Å²) in [5.41, 5.74) is -0.421. The smallest absolute Gasteiger partial charge is 0.315 e. The van der Waals surface area contributed by atoms with Crippen molar-refractivity contribution < 1.29 is 14.3 Å². The van der Waals surface area contributed by atoms with Crippen LogP contribution in [0, 0.1) is 19.8 Å². The molecule has 5 heteroatoms. The lowest BCUT2D eigenvalue weighted by atomic mass is 9.96. The second-order valence-corrected chi connectivity index (χ2v) is 6.44. The van der Waals surface area contributed by atoms with Gasteiger partial charge in [0.15, 0.2) is 0 Å². The number of rotatable bonds is 4. The molecule has 21 heavy (non-hydrogen) atoms. The molecule has 5 nitrogen and oxygen atoms in total. The van der Waals surface area contributed by atoms with Gasteiger partial charge in [0.25, 0.3) is 0 Å². The van der Waals surface area contributed by atoms with E-state index in [1.165, 1.54) is 0 Å². The summed E-state index contributed by atoms with van der Waals surface area (Å²) in [7, 11) is 0. The van der Waals surface area contributed by atoms with E-state index in [9.17, 15) is 9.90 Å². The molecule has 1 aliphatic rings. The molecule has 1 fully saturated rings. The maximum atomic E-state index is 12.0. The number of amides is 2. The molecule has 1 saturated carbocycles. The highest BCUT2D eigenvalue weighted by atomic mass is 16.3. The summed E-state index contributed by atoms with van der Waals surface area (Å²) in [6, 6.07) is 1.84. The molecule has 3 N–H and O–H groups in total. The SMILES string of the molecule is Cc1cc(C(C)(O)CNC(=O)NC2CCCC2C)c(C)o1. The third-order valence-electron chi connectivity index (χ3n) is 4.39. The molecule has 0 aromatic carbocycles. The fourth-order valence-electron chi connectivity index (χ4n) is 3.09. The first-order chi connectivity index (χ1) is 9.79. The second-order valence-electron chi connectivity index (χ2n) is 6.44. The Labute approximate surface area is 126 Å². The van der Waals surface area contributed by atoms with Crippen LogP contribution in [0.15, 0.2) is 10.5 Å². The monoisotopic (exact) mass is 294 g/mol. The summed E-state index contributed by atoms with van der Waals surface area (Å²) in [6.45, 7) is 7.65. The van der Waals surface area contributed by atoms with Crippen molar-refractivity contribution in [2.75, 3.05) is 6.54 Å². The van der Waals surface area contributed by atoms with Crippen LogP contribution in [-0.2, 0) is 5.60 Å². The maximum Gasteiger partial charge on any atom is 0.315 e. The van der Waals surface area contributed by atoms with Gasteiger partial charge in [0.2, 0.25) is 0 Å². The van der Waals surface area contributed by atoms with Gasteiger partial charge in [0, 0.05) is 11.6 Å². The number of carbonyl (C=O) groups is 1. The van der Waals surface area contributed by atoms with E-state index in [1.807, 2.05) is 19.9 Å². The number of carbonyl (C=O) groups excluding carboxylic acids is 1. The molecule has 0 saturated heterocycles. The van der Waals surface area contributed by atoms with Gasteiger partial charge >= 0.3 is 6.03 Å². The van der Waals surface area contributed by atoms with Crippen molar-refractivity contribution in [1.29, 1.82) is 0 Å². The zero-order valence-corrected chi connectivity index (χ0v) is 13.3. The Hall–Kier alpha value is -1.49. The molecule has 1 aromatic rings. The third-order valence-corrected chi connectivity index (χ3v) is 4.39. The molecule has 1 aliphatic carbocycles. The van der Waals surface area contributed by atoms with Crippen LogP contribution >= 0.6 is 0 Å². The zero-order valence-electron chi connectivity index (χ0n) is 13.3. The number of nitrogens with one attached hydrogen (secondary N) is 2. The minimum absolute atomic E-state index is 0.153. The molecule has 1 aromatic heterocycles. The van der Waals surface area contributed by atoms with Gasteiger partial charge in [-0.3, -0.25) is 0 Å². The van der Waals surface area contributed by atoms with Crippen molar-refractivity contribution in [3.8, 4) is 0 Å². The molecule has 2 amide bonds. The van der Waals surface area contributed by atoms with Gasteiger partial charge in [-0.25, -0.2) is 4.79 Å². The first kappa shape index (κ1) is 15.9. The second kappa shape index (κ2) is 6.10. The van der Waals surface area contributed by atoms with Crippen LogP contribution in [0.3, 0.4) is 0 Å². The van der Waals surface area contributed by atoms with Gasteiger partial charge in [-0.05, 0) is 45.6 Å². The van der Waals surface area contributed by atoms with E-state index in [-0.39, 0.29) is 18.6 Å². The van der Waals surface area contributed by atoms with Crippen LogP contribution in [-0.4, -0.2) is 23.7 Å². The Kier molecular flexibility index (Phi) is 4.61. The van der Waals surface area contributed by atoms with E-state index >= 15 is 0 Å². The Morgan fingerprint density at radius 2 is 2.19 bits per heavy atom. The van der Waals surface area contributed by atoms with Crippen LogP contribution in [0.2, 0.25) is 0 Å². The van der Waals surface area contributed by atoms with Crippen molar-refractivity contribution in [2.45, 2.75) is 58.6 Å². The van der Waals surface area contributed by atoms with Gasteiger partial charge in [0.1, 0.15) is 17.1 Å². The molecule has 3 unspecified atom stereocenters. The van der Waals surface area contributed by atoms with Crippen LogP contribution in [0.5, 0.6) is 0 Å². The largest absolute Gasteiger partial charge is 0.466 e. The van der Waals surface area contributed by atoms with Crippen LogP contribution < -0.4 is 10.6 Å². The molecule has 0 radical (unpaired) electrons. The zero-order chi connectivity index (χ0) is 15.6. The summed E-state index contributed by atoms with van der Waals surface area (Å²) in [4.78, 5) is 12.0. The van der Waals surface area contributed by atoms with Crippen molar-refractivity contribution >= 4 is 6.03 Å². The molecule has 2 rings (SSSR count). The number of hydrogen-bond acceptors (Lipinski definition) is 3. The number of hydrogen-bond donors (Lipinski definition) is 3. The molecule has 0 bridgehead atoms. The highest BCUT2D eigenvalue weighted by Crippen LogP contribution is 2.27. The van der Waals surface area contributed by atoms with Crippen molar-refractivity contribution in [3.05, 3.63) is 23.2 Å². The molecule has 0 spiro atoms. The average Bonchev–Trinajstić information content (AvgIpc) is 2.94. The van der Waals surface area contributed by atoms with E-state index in [4.69, 9.17) is 4.42 Å². The average molecular weight is 294 g/mol. The Bertz CT molecular complexity index is 508. The first-order valence-electron chi connectivity index (χ1n) is 7.64. The van der Waals surface area contributed by atoms with E-state index in [1.54, 1.807) is 6.92 Å². The van der Waals surface area contributed by atoms with E-state index in [0.717, 1.165) is 30.6 Å². The highest BCUT2D eigenvalue weighted by molar-refractivity contribution is 5.74. The lowest BCUT2D eigenvalue weighted by molar-refractivity contribution is 0.0577. The summed E-state index contributed by atoms with van der Waals surface area (Å²) in [5, 5.41) is 16.3. The van der Waals surface area contributed by atoms with Crippen LogP contribution in [0.25, 0.3) is 0 Å². The Morgan fingerprint density at radius 3 is 2.71 bits per heavy atom. The Balaban J connectivity index is 1.89. The number of aliphatic hydroxyl groups is 1. The summed E-state index contributed by atoms with van der Waals surface area (Å²) < 4.78 is 5.44. The van der Waals surface area contributed by atoms with E-state index in [2.05, 4.69) is 17.6 Å². The van der Waals surface area contributed by atoms with Gasteiger partial charge in [-0.2, -0.15) is 0 Å². The van der Waals surface area contributed by atoms with E-state index in [0.29, 0.717) is 11.7 Å². The Morgan fingerprint density at radius 1 is 1.48 bits per heavy atom. The normalized spacial score (nSPS) is 24.6. The van der Waals surface area contributed by atoms with Crippen molar-refractivity contribution in [1.82, 2.24) is 10.6 Å². The minimum atomic E-state index is -1.14. The maximum absolute atomic E-state index is 12.0. The molecule has 3 atom stereocenters. The van der Waals surface area contributed by atoms with Gasteiger partial charge in [0.05, 0.1) is 6.54 Å². The molecule has 0 aliphatic heterocycles. The summed E-state index contributed by atoms with van der Waals surface area (Å²) in [5.74, 6) is 1.96.